The molecule has 0 N–H and O–H groups in total. The lowest BCUT2D eigenvalue weighted by molar-refractivity contribution is -0.121. The minimum atomic E-state index is -0.779. The minimum Gasteiger partial charge on any atom is -0.482 e. The van der Waals surface area contributed by atoms with Crippen LogP contribution in [0.3, 0.4) is 0 Å². The number of ether oxygens (including phenoxy) is 1. The fourth-order valence-electron chi connectivity index (χ4n) is 4.55. The normalized spacial score (nSPS) is 14.1. The lowest BCUT2D eigenvalue weighted by Gasteiger charge is -2.28. The summed E-state index contributed by atoms with van der Waals surface area (Å²) in [6.45, 7) is 8.31. The predicted octanol–water partition coefficient (Wildman–Crippen LogP) is 5.44. The number of Topliss-reactive ketones (excluding diaryl/α,β-unsaturated/α-hetero) is 1. The van der Waals surface area contributed by atoms with E-state index in [1.807, 2.05) is 24.4 Å². The van der Waals surface area contributed by atoms with Gasteiger partial charge in [-0.15, -0.1) is 11.3 Å². The Morgan fingerprint density at radius 3 is 2.56 bits per heavy atom. The summed E-state index contributed by atoms with van der Waals surface area (Å²) >= 11 is 1.42. The van der Waals surface area contributed by atoms with Crippen LogP contribution in [0.1, 0.15) is 55.6 Å². The first-order chi connectivity index (χ1) is 17.3. The number of hydrogen-bond donors (Lipinski definition) is 0. The molecule has 0 saturated heterocycles. The molecule has 5 rings (SSSR count). The van der Waals surface area contributed by atoms with Crippen molar-refractivity contribution in [1.82, 2.24) is 9.55 Å². The Bertz CT molecular complexity index is 1530. The lowest BCUT2D eigenvalue weighted by Crippen LogP contribution is -2.38. The second kappa shape index (κ2) is 9.35. The van der Waals surface area contributed by atoms with Gasteiger partial charge < -0.3 is 9.64 Å². The first kappa shape index (κ1) is 23.9. The third kappa shape index (κ3) is 4.01. The van der Waals surface area contributed by atoms with Crippen LogP contribution in [-0.2, 0) is 4.79 Å². The van der Waals surface area contributed by atoms with Crippen LogP contribution in [0.15, 0.2) is 59.0 Å². The van der Waals surface area contributed by atoms with Crippen molar-refractivity contribution in [2.24, 2.45) is 0 Å². The van der Waals surface area contributed by atoms with Crippen molar-refractivity contribution in [1.29, 1.82) is 0 Å². The Kier molecular flexibility index (Phi) is 6.22. The molecule has 2 aromatic carbocycles. The maximum atomic E-state index is 13.6. The molecule has 3 heterocycles. The van der Waals surface area contributed by atoms with Gasteiger partial charge in [0, 0.05) is 23.1 Å². The van der Waals surface area contributed by atoms with Gasteiger partial charge >= 0.3 is 0 Å². The van der Waals surface area contributed by atoms with Gasteiger partial charge in [0.2, 0.25) is 0 Å². The molecule has 0 radical (unpaired) electrons. The number of rotatable bonds is 6. The standard InChI is InChI=1S/C28H27N3O4S/c1-5-30-22-12-20(10-11-23(22)35-13-24(30)32)26(33)17(4)31-15-29-27-25(28(31)34)21(14-36-27)19-8-6-18(7-9-19)16(2)3/h6-12,14-17H,5,13H2,1-4H3. The number of ketones is 1. The van der Waals surface area contributed by atoms with Crippen LogP contribution >= 0.6 is 11.3 Å². The van der Waals surface area contributed by atoms with Crippen LogP contribution in [0.25, 0.3) is 21.3 Å². The molecule has 8 heteroatoms. The van der Waals surface area contributed by atoms with Gasteiger partial charge in [0.15, 0.2) is 12.4 Å². The van der Waals surface area contributed by atoms with Gasteiger partial charge in [-0.05, 0) is 49.1 Å². The van der Waals surface area contributed by atoms with Gasteiger partial charge in [0.05, 0.1) is 23.4 Å². The summed E-state index contributed by atoms with van der Waals surface area (Å²) in [6, 6.07) is 12.5. The van der Waals surface area contributed by atoms with Crippen molar-refractivity contribution in [3.05, 3.63) is 75.7 Å². The zero-order chi connectivity index (χ0) is 25.6. The summed E-state index contributed by atoms with van der Waals surface area (Å²) in [5.74, 6) is 0.585. The van der Waals surface area contributed by atoms with Gasteiger partial charge in [-0.3, -0.25) is 19.0 Å². The number of carbonyl (C=O) groups excluding carboxylic acids is 2. The molecule has 1 aliphatic rings. The molecule has 0 saturated carbocycles. The fraction of sp³-hybridized carbons (Fsp3) is 0.286. The fourth-order valence-corrected chi connectivity index (χ4v) is 5.46. The van der Waals surface area contributed by atoms with Crippen LogP contribution in [0, 0.1) is 0 Å². The third-order valence-electron chi connectivity index (χ3n) is 6.71. The Balaban J connectivity index is 1.52. The lowest BCUT2D eigenvalue weighted by atomic mass is 9.99. The Morgan fingerprint density at radius 1 is 1.11 bits per heavy atom. The van der Waals surface area contributed by atoms with E-state index in [1.54, 1.807) is 30.0 Å². The molecular weight excluding hydrogens is 474 g/mol. The molecule has 7 nitrogen and oxygen atoms in total. The first-order valence-electron chi connectivity index (χ1n) is 12.0. The van der Waals surface area contributed by atoms with Gasteiger partial charge in [-0.1, -0.05) is 38.1 Å². The highest BCUT2D eigenvalue weighted by Gasteiger charge is 2.27. The monoisotopic (exact) mass is 501 g/mol. The van der Waals surface area contributed by atoms with E-state index in [0.717, 1.165) is 11.1 Å². The van der Waals surface area contributed by atoms with E-state index in [9.17, 15) is 14.4 Å². The van der Waals surface area contributed by atoms with Crippen LogP contribution < -0.4 is 15.2 Å². The Hall–Kier alpha value is -3.78. The van der Waals surface area contributed by atoms with E-state index in [2.05, 4.69) is 31.0 Å². The molecule has 1 aliphatic heterocycles. The van der Waals surface area contributed by atoms with E-state index in [-0.39, 0.29) is 23.9 Å². The van der Waals surface area contributed by atoms with E-state index < -0.39 is 6.04 Å². The average Bonchev–Trinajstić information content (AvgIpc) is 3.33. The van der Waals surface area contributed by atoms with E-state index >= 15 is 0 Å². The van der Waals surface area contributed by atoms with E-state index in [1.165, 1.54) is 27.8 Å². The second-order valence-electron chi connectivity index (χ2n) is 9.21. The highest BCUT2D eigenvalue weighted by Crippen LogP contribution is 2.34. The molecule has 0 fully saturated rings. The number of fused-ring (bicyclic) bond motifs is 2. The molecule has 0 bridgehead atoms. The number of nitrogens with zero attached hydrogens (tertiary/aromatic N) is 3. The van der Waals surface area contributed by atoms with Gasteiger partial charge in [-0.25, -0.2) is 4.98 Å². The predicted molar refractivity (Wildman–Crippen MR) is 142 cm³/mol. The molecule has 0 aliphatic carbocycles. The van der Waals surface area contributed by atoms with Crippen molar-refractivity contribution in [3.8, 4) is 16.9 Å². The Labute approximate surface area is 213 Å². The number of carbonyl (C=O) groups is 2. The molecule has 1 atom stereocenters. The van der Waals surface area contributed by atoms with Crippen LogP contribution in [-0.4, -0.2) is 34.4 Å². The van der Waals surface area contributed by atoms with Gasteiger partial charge in [-0.2, -0.15) is 0 Å². The zero-order valence-corrected chi connectivity index (χ0v) is 21.5. The van der Waals surface area contributed by atoms with Crippen molar-refractivity contribution in [2.75, 3.05) is 18.1 Å². The molecule has 36 heavy (non-hydrogen) atoms. The molecule has 2 aromatic heterocycles. The minimum absolute atomic E-state index is 0.0191. The van der Waals surface area contributed by atoms with Crippen molar-refractivity contribution in [3.63, 3.8) is 0 Å². The molecular formula is C28H27N3O4S. The highest BCUT2D eigenvalue weighted by molar-refractivity contribution is 7.17. The number of benzene rings is 2. The van der Waals surface area contributed by atoms with Crippen molar-refractivity contribution in [2.45, 2.75) is 39.7 Å². The molecule has 0 spiro atoms. The smallest absolute Gasteiger partial charge is 0.265 e. The molecule has 1 unspecified atom stereocenters. The Morgan fingerprint density at radius 2 is 1.86 bits per heavy atom. The summed E-state index contributed by atoms with van der Waals surface area (Å²) in [5, 5.41) is 2.46. The zero-order valence-electron chi connectivity index (χ0n) is 20.6. The number of amides is 1. The largest absolute Gasteiger partial charge is 0.482 e. The summed E-state index contributed by atoms with van der Waals surface area (Å²) in [7, 11) is 0. The van der Waals surface area contributed by atoms with Gasteiger partial charge in [0.25, 0.3) is 11.5 Å². The van der Waals surface area contributed by atoms with Crippen LogP contribution in [0.2, 0.25) is 0 Å². The van der Waals surface area contributed by atoms with E-state index in [4.69, 9.17) is 4.74 Å². The third-order valence-corrected chi connectivity index (χ3v) is 7.59. The molecule has 1 amide bonds. The van der Waals surface area contributed by atoms with Crippen LogP contribution in [0.5, 0.6) is 5.75 Å². The number of thiophene rings is 1. The van der Waals surface area contributed by atoms with Crippen molar-refractivity contribution >= 4 is 38.9 Å². The highest BCUT2D eigenvalue weighted by atomic mass is 32.1. The number of anilines is 1. The summed E-state index contributed by atoms with van der Waals surface area (Å²) < 4.78 is 6.91. The van der Waals surface area contributed by atoms with Crippen LogP contribution in [0.4, 0.5) is 5.69 Å². The second-order valence-corrected chi connectivity index (χ2v) is 10.1. The summed E-state index contributed by atoms with van der Waals surface area (Å²) in [6.07, 6.45) is 1.44. The summed E-state index contributed by atoms with van der Waals surface area (Å²) in [5.41, 5.74) is 3.71. The number of likely N-dealkylation sites (N-methyl/N-ethyl adjacent to an activating group) is 1. The average molecular weight is 502 g/mol. The summed E-state index contributed by atoms with van der Waals surface area (Å²) in [4.78, 5) is 46.0. The van der Waals surface area contributed by atoms with Crippen molar-refractivity contribution < 1.29 is 14.3 Å². The molecule has 184 valence electrons. The maximum Gasteiger partial charge on any atom is 0.265 e. The first-order valence-corrected chi connectivity index (χ1v) is 12.9. The number of hydrogen-bond acceptors (Lipinski definition) is 6. The van der Waals surface area contributed by atoms with E-state index in [0.29, 0.717) is 39.7 Å². The SMILES string of the molecule is CCN1C(=O)COc2ccc(C(=O)C(C)n3cnc4scc(-c5ccc(C(C)C)cc5)c4c3=O)cc21. The maximum absolute atomic E-state index is 13.6. The topological polar surface area (TPSA) is 81.5 Å². The van der Waals surface area contributed by atoms with Gasteiger partial charge in [0.1, 0.15) is 10.6 Å². The quantitative estimate of drug-likeness (QED) is 0.329. The molecule has 4 aromatic rings. The number of aromatic nitrogens is 2.